The molecule has 3 aromatic heterocycles. The van der Waals surface area contributed by atoms with Gasteiger partial charge >= 0.3 is 0 Å². The summed E-state index contributed by atoms with van der Waals surface area (Å²) in [7, 11) is 0. The number of benzene rings is 7. The van der Waals surface area contributed by atoms with E-state index in [4.69, 9.17) is 24.9 Å². The van der Waals surface area contributed by atoms with Crippen LogP contribution in [-0.4, -0.2) is 29.5 Å². The van der Waals surface area contributed by atoms with E-state index in [0.29, 0.717) is 23.4 Å². The molecule has 0 unspecified atom stereocenters. The van der Waals surface area contributed by atoms with E-state index in [1.54, 1.807) is 0 Å². The van der Waals surface area contributed by atoms with Crippen LogP contribution in [0.5, 0.6) is 0 Å². The Morgan fingerprint density at radius 3 is 1.78 bits per heavy atom. The molecule has 6 heteroatoms. The number of allylic oxidation sites excluding steroid dienone is 4. The van der Waals surface area contributed by atoms with E-state index in [2.05, 4.69) is 162 Å². The number of aromatic nitrogens is 6. The highest BCUT2D eigenvalue weighted by molar-refractivity contribution is 6.21. The number of hydrogen-bond acceptors (Lipinski definition) is 5. The lowest BCUT2D eigenvalue weighted by atomic mass is 9.99. The molecule has 0 fully saturated rings. The van der Waals surface area contributed by atoms with Crippen molar-refractivity contribution in [3.05, 3.63) is 200 Å². The Morgan fingerprint density at radius 2 is 1.00 bits per heavy atom. The lowest BCUT2D eigenvalue weighted by Crippen LogP contribution is -2.08. The van der Waals surface area contributed by atoms with Gasteiger partial charge in [0.2, 0.25) is 5.95 Å². The quantitative estimate of drug-likeness (QED) is 0.162. The van der Waals surface area contributed by atoms with Crippen molar-refractivity contribution in [3.63, 3.8) is 0 Å². The molecule has 11 rings (SSSR count). The van der Waals surface area contributed by atoms with Crippen molar-refractivity contribution in [1.82, 2.24) is 29.5 Å². The molecule has 0 N–H and O–H groups in total. The number of para-hydroxylation sites is 1. The van der Waals surface area contributed by atoms with Crippen LogP contribution in [0.25, 0.3) is 101 Å². The second-order valence-corrected chi connectivity index (χ2v) is 14.8. The van der Waals surface area contributed by atoms with Crippen molar-refractivity contribution in [2.24, 2.45) is 0 Å². The maximum absolute atomic E-state index is 5.27. The largest absolute Gasteiger partial charge is 0.278 e. The van der Waals surface area contributed by atoms with Gasteiger partial charge in [-0.1, -0.05) is 164 Å². The van der Waals surface area contributed by atoms with Crippen molar-refractivity contribution in [1.29, 1.82) is 0 Å². The summed E-state index contributed by atoms with van der Waals surface area (Å²) in [6.07, 6.45) is 8.51. The maximum atomic E-state index is 5.27. The van der Waals surface area contributed by atoms with Crippen molar-refractivity contribution >= 4 is 38.2 Å². The lowest BCUT2D eigenvalue weighted by Gasteiger charge is -2.13. The topological polar surface area (TPSA) is 69.4 Å². The van der Waals surface area contributed by atoms with Crippen molar-refractivity contribution < 1.29 is 0 Å². The standard InChI is InChI=1S/C53H36N6/c1-4-17-36(18-5-1)45-34-46(55-50(54-45)37-19-6-2-7-20-37)41-25-14-23-39(32-41)40-24-15-26-42(33-40)52-56-51(38-21-8-3-9-22-38)57-53(58-52)59-47-29-13-12-28-44(47)49-43-27-11-10-16-35(43)30-31-48(49)59/h1-2,4-8,10-34H,3,9H2. The Kier molecular flexibility index (Phi) is 8.51. The molecule has 3 heterocycles. The van der Waals surface area contributed by atoms with Crippen molar-refractivity contribution in [2.75, 3.05) is 0 Å². The van der Waals surface area contributed by atoms with Crippen LogP contribution in [0.2, 0.25) is 0 Å². The molecule has 59 heavy (non-hydrogen) atoms. The van der Waals surface area contributed by atoms with Gasteiger partial charge in [0.1, 0.15) is 0 Å². The van der Waals surface area contributed by atoms with E-state index in [1.807, 2.05) is 36.4 Å². The molecule has 0 spiro atoms. The molecule has 7 aromatic carbocycles. The Morgan fingerprint density at radius 1 is 0.390 bits per heavy atom. The second kappa shape index (κ2) is 14.6. The third-order valence-electron chi connectivity index (χ3n) is 11.1. The van der Waals surface area contributed by atoms with Crippen LogP contribution in [0, 0.1) is 0 Å². The van der Waals surface area contributed by atoms with Gasteiger partial charge in [0.15, 0.2) is 17.5 Å². The molecule has 1 aliphatic carbocycles. The SMILES string of the molecule is C1=CC(c2nc(-c3cccc(-c4cccc(-c5cc(-c6ccccc6)nc(-c6ccccc6)n5)c4)c3)nc(-n3c4ccccc4c4c5ccccc5ccc43)n2)=CCC1. The number of nitrogens with zero attached hydrogens (tertiary/aromatic N) is 6. The number of rotatable bonds is 7. The van der Waals surface area contributed by atoms with Gasteiger partial charge in [-0.3, -0.25) is 4.57 Å². The van der Waals surface area contributed by atoms with Gasteiger partial charge < -0.3 is 0 Å². The fraction of sp³-hybridized carbons (Fsp3) is 0.0377. The Bertz CT molecular complexity index is 3210. The normalized spacial score (nSPS) is 12.6. The van der Waals surface area contributed by atoms with Gasteiger partial charge in [-0.05, 0) is 65.1 Å². The van der Waals surface area contributed by atoms with Crippen LogP contribution < -0.4 is 0 Å². The zero-order valence-electron chi connectivity index (χ0n) is 32.1. The Balaban J connectivity index is 1.04. The lowest BCUT2D eigenvalue weighted by molar-refractivity contribution is 0.928. The van der Waals surface area contributed by atoms with E-state index in [0.717, 1.165) is 79.6 Å². The molecule has 0 aliphatic heterocycles. The molecular formula is C53H36N6. The predicted molar refractivity (Wildman–Crippen MR) is 241 cm³/mol. The van der Waals surface area contributed by atoms with Gasteiger partial charge in [0.25, 0.3) is 0 Å². The Labute approximate surface area is 341 Å². The summed E-state index contributed by atoms with van der Waals surface area (Å²) in [5.41, 5.74) is 10.9. The second-order valence-electron chi connectivity index (χ2n) is 14.8. The van der Waals surface area contributed by atoms with Crippen LogP contribution >= 0.6 is 0 Å². The van der Waals surface area contributed by atoms with Crippen molar-refractivity contribution in [3.8, 4) is 62.4 Å². The van der Waals surface area contributed by atoms with Gasteiger partial charge in [-0.15, -0.1) is 0 Å². The van der Waals surface area contributed by atoms with E-state index in [1.165, 1.54) is 16.2 Å². The average molecular weight is 757 g/mol. The number of fused-ring (bicyclic) bond motifs is 5. The first kappa shape index (κ1) is 34.4. The van der Waals surface area contributed by atoms with Crippen molar-refractivity contribution in [2.45, 2.75) is 12.8 Å². The number of hydrogen-bond donors (Lipinski definition) is 0. The minimum Gasteiger partial charge on any atom is -0.278 e. The van der Waals surface area contributed by atoms with E-state index < -0.39 is 0 Å². The summed E-state index contributed by atoms with van der Waals surface area (Å²) in [5, 5.41) is 4.76. The smallest absolute Gasteiger partial charge is 0.238 e. The zero-order chi connectivity index (χ0) is 39.1. The van der Waals surface area contributed by atoms with Crippen LogP contribution in [0.1, 0.15) is 18.7 Å². The first-order valence-electron chi connectivity index (χ1n) is 20.0. The van der Waals surface area contributed by atoms with Gasteiger partial charge in [0.05, 0.1) is 22.4 Å². The highest BCUT2D eigenvalue weighted by atomic mass is 15.2. The first-order valence-corrected chi connectivity index (χ1v) is 20.0. The minimum absolute atomic E-state index is 0.589. The van der Waals surface area contributed by atoms with E-state index in [9.17, 15) is 0 Å². The molecule has 0 amide bonds. The summed E-state index contributed by atoms with van der Waals surface area (Å²) >= 11 is 0. The van der Waals surface area contributed by atoms with E-state index in [-0.39, 0.29) is 0 Å². The third kappa shape index (κ3) is 6.37. The van der Waals surface area contributed by atoms with Crippen LogP contribution in [0.15, 0.2) is 194 Å². The first-order chi connectivity index (χ1) is 29.2. The highest BCUT2D eigenvalue weighted by Gasteiger charge is 2.20. The monoisotopic (exact) mass is 756 g/mol. The van der Waals surface area contributed by atoms with Crippen LogP contribution in [0.3, 0.4) is 0 Å². The molecule has 0 bridgehead atoms. The fourth-order valence-electron chi connectivity index (χ4n) is 8.22. The van der Waals surface area contributed by atoms with Gasteiger partial charge in [-0.25, -0.2) is 15.0 Å². The molecule has 0 radical (unpaired) electrons. The molecule has 0 saturated heterocycles. The van der Waals surface area contributed by atoms with Gasteiger partial charge in [0, 0.05) is 38.6 Å². The predicted octanol–water partition coefficient (Wildman–Crippen LogP) is 13.0. The van der Waals surface area contributed by atoms with Crippen LogP contribution in [-0.2, 0) is 0 Å². The Hall–Kier alpha value is -7.83. The summed E-state index contributed by atoms with van der Waals surface area (Å²) in [5.74, 6) is 2.55. The minimum atomic E-state index is 0.589. The molecule has 0 atom stereocenters. The average Bonchev–Trinajstić information content (AvgIpc) is 3.67. The van der Waals surface area contributed by atoms with Gasteiger partial charge in [-0.2, -0.15) is 9.97 Å². The van der Waals surface area contributed by atoms with E-state index >= 15 is 0 Å². The third-order valence-corrected chi connectivity index (χ3v) is 11.1. The fourth-order valence-corrected chi connectivity index (χ4v) is 8.22. The summed E-state index contributed by atoms with van der Waals surface area (Å²) < 4.78 is 2.20. The molecular weight excluding hydrogens is 721 g/mol. The molecule has 6 nitrogen and oxygen atoms in total. The molecule has 10 aromatic rings. The zero-order valence-corrected chi connectivity index (χ0v) is 32.1. The summed E-state index contributed by atoms with van der Waals surface area (Å²) in [6.45, 7) is 0. The maximum Gasteiger partial charge on any atom is 0.238 e. The molecule has 278 valence electrons. The summed E-state index contributed by atoms with van der Waals surface area (Å²) in [4.78, 5) is 25.7. The molecule has 1 aliphatic rings. The molecule has 0 saturated carbocycles. The summed E-state index contributed by atoms with van der Waals surface area (Å²) in [6, 6.07) is 61.0. The van der Waals surface area contributed by atoms with Crippen LogP contribution in [0.4, 0.5) is 0 Å². The highest BCUT2D eigenvalue weighted by Crippen LogP contribution is 2.37.